The van der Waals surface area contributed by atoms with Crippen molar-refractivity contribution in [3.8, 4) is 5.75 Å². The van der Waals surface area contributed by atoms with Crippen LogP contribution in [0.4, 0.5) is 5.69 Å². The largest absolute Gasteiger partial charge is 0.508 e. The molecule has 2 aromatic carbocycles. The van der Waals surface area contributed by atoms with E-state index in [1.807, 2.05) is 30.3 Å². The predicted molar refractivity (Wildman–Crippen MR) is 108 cm³/mol. The van der Waals surface area contributed by atoms with Crippen molar-refractivity contribution in [2.24, 2.45) is 0 Å². The Labute approximate surface area is 165 Å². The molecule has 0 bridgehead atoms. The average Bonchev–Trinajstić information content (AvgIpc) is 2.70. The molecule has 1 saturated heterocycles. The Bertz CT molecular complexity index is 804. The smallest absolute Gasteiger partial charge is 0.313 e. The third kappa shape index (κ3) is 5.31. The number of nitrogens with zero attached hydrogens (tertiary/aromatic N) is 2. The van der Waals surface area contributed by atoms with Gasteiger partial charge in [-0.25, -0.2) is 0 Å². The Morgan fingerprint density at radius 3 is 2.39 bits per heavy atom. The molecule has 2 aromatic rings. The number of amides is 2. The van der Waals surface area contributed by atoms with E-state index in [0.717, 1.165) is 31.7 Å². The lowest BCUT2D eigenvalue weighted by molar-refractivity contribution is -0.136. The van der Waals surface area contributed by atoms with Crippen LogP contribution in [0.5, 0.6) is 5.75 Å². The van der Waals surface area contributed by atoms with Gasteiger partial charge in [0.25, 0.3) is 0 Å². The highest BCUT2D eigenvalue weighted by Gasteiger charge is 2.25. The molecule has 7 heteroatoms. The highest BCUT2D eigenvalue weighted by molar-refractivity contribution is 6.39. The Kier molecular flexibility index (Phi) is 6.62. The molecular formula is C21H26N4O3. The molecule has 0 saturated carbocycles. The Morgan fingerprint density at radius 2 is 1.71 bits per heavy atom. The van der Waals surface area contributed by atoms with Crippen molar-refractivity contribution in [2.45, 2.75) is 6.04 Å². The van der Waals surface area contributed by atoms with Gasteiger partial charge >= 0.3 is 11.8 Å². The van der Waals surface area contributed by atoms with E-state index in [4.69, 9.17) is 0 Å². The van der Waals surface area contributed by atoms with Gasteiger partial charge in [0.1, 0.15) is 5.75 Å². The summed E-state index contributed by atoms with van der Waals surface area (Å²) in [5.74, 6) is -1.42. The quantitative estimate of drug-likeness (QED) is 0.682. The highest BCUT2D eigenvalue weighted by Crippen LogP contribution is 2.21. The molecule has 7 nitrogen and oxygen atoms in total. The minimum atomic E-state index is -0.754. The van der Waals surface area contributed by atoms with E-state index >= 15 is 0 Å². The van der Waals surface area contributed by atoms with Gasteiger partial charge in [-0.2, -0.15) is 0 Å². The topological polar surface area (TPSA) is 84.9 Å². The molecule has 2 amide bonds. The summed E-state index contributed by atoms with van der Waals surface area (Å²) in [5.41, 5.74) is 1.49. The molecule has 0 radical (unpaired) electrons. The van der Waals surface area contributed by atoms with Crippen LogP contribution in [0.2, 0.25) is 0 Å². The normalized spacial score (nSPS) is 16.3. The fourth-order valence-electron chi connectivity index (χ4n) is 3.31. The number of aromatic hydroxyl groups is 1. The molecule has 1 fully saturated rings. The summed E-state index contributed by atoms with van der Waals surface area (Å²) < 4.78 is 0. The summed E-state index contributed by atoms with van der Waals surface area (Å²) >= 11 is 0. The fourth-order valence-corrected chi connectivity index (χ4v) is 3.31. The van der Waals surface area contributed by atoms with Crippen LogP contribution >= 0.6 is 0 Å². The molecule has 0 aliphatic carbocycles. The van der Waals surface area contributed by atoms with Gasteiger partial charge in [-0.05, 0) is 24.7 Å². The molecule has 0 spiro atoms. The van der Waals surface area contributed by atoms with Gasteiger partial charge in [0.15, 0.2) is 0 Å². The maximum atomic E-state index is 12.3. The van der Waals surface area contributed by atoms with Gasteiger partial charge in [0.05, 0.1) is 6.04 Å². The molecule has 3 rings (SSSR count). The number of hydrogen-bond acceptors (Lipinski definition) is 5. The van der Waals surface area contributed by atoms with Crippen LogP contribution in [-0.4, -0.2) is 66.5 Å². The lowest BCUT2D eigenvalue weighted by Gasteiger charge is -2.38. The summed E-state index contributed by atoms with van der Waals surface area (Å²) in [5, 5.41) is 14.7. The minimum Gasteiger partial charge on any atom is -0.508 e. The van der Waals surface area contributed by atoms with E-state index < -0.39 is 11.8 Å². The zero-order valence-corrected chi connectivity index (χ0v) is 16.0. The lowest BCUT2D eigenvalue weighted by Crippen LogP contribution is -2.49. The second-order valence-electron chi connectivity index (χ2n) is 6.98. The van der Waals surface area contributed by atoms with Crippen LogP contribution < -0.4 is 10.6 Å². The number of benzene rings is 2. The van der Waals surface area contributed by atoms with Gasteiger partial charge in [0.2, 0.25) is 0 Å². The van der Waals surface area contributed by atoms with Crippen LogP contribution in [0.15, 0.2) is 54.6 Å². The van der Waals surface area contributed by atoms with E-state index in [-0.39, 0.29) is 11.8 Å². The summed E-state index contributed by atoms with van der Waals surface area (Å²) in [7, 11) is 2.10. The first-order chi connectivity index (χ1) is 13.5. The molecular weight excluding hydrogens is 356 g/mol. The van der Waals surface area contributed by atoms with Gasteiger partial charge in [-0.3, -0.25) is 14.5 Å². The number of piperazine rings is 1. The molecule has 1 atom stereocenters. The van der Waals surface area contributed by atoms with E-state index in [0.29, 0.717) is 12.2 Å². The highest BCUT2D eigenvalue weighted by atomic mass is 16.3. The van der Waals surface area contributed by atoms with Gasteiger partial charge in [0, 0.05) is 44.5 Å². The lowest BCUT2D eigenvalue weighted by atomic mass is 10.0. The van der Waals surface area contributed by atoms with Crippen molar-refractivity contribution < 1.29 is 14.7 Å². The van der Waals surface area contributed by atoms with Crippen LogP contribution in [0.3, 0.4) is 0 Å². The van der Waals surface area contributed by atoms with Crippen molar-refractivity contribution in [1.29, 1.82) is 0 Å². The number of phenols is 1. The number of carbonyl (C=O) groups excluding carboxylic acids is 2. The van der Waals surface area contributed by atoms with E-state index in [2.05, 4.69) is 27.5 Å². The van der Waals surface area contributed by atoms with Gasteiger partial charge in [-0.15, -0.1) is 0 Å². The zero-order chi connectivity index (χ0) is 19.9. The minimum absolute atomic E-state index is 0.00687. The Hall–Kier alpha value is -2.90. The number of carbonyl (C=O) groups is 2. The average molecular weight is 382 g/mol. The monoisotopic (exact) mass is 382 g/mol. The van der Waals surface area contributed by atoms with Crippen LogP contribution in [-0.2, 0) is 9.59 Å². The number of phenolic OH excluding ortho intramolecular Hbond substituents is 1. The van der Waals surface area contributed by atoms with E-state index in [1.54, 1.807) is 12.1 Å². The van der Waals surface area contributed by atoms with Gasteiger partial charge < -0.3 is 20.6 Å². The SMILES string of the molecule is CN1CCN([C@@H](CNC(=O)C(=O)Nc2cccc(O)c2)c2ccccc2)CC1. The number of hydrogen-bond donors (Lipinski definition) is 3. The van der Waals surface area contributed by atoms with Gasteiger partial charge in [-0.1, -0.05) is 36.4 Å². The molecule has 28 heavy (non-hydrogen) atoms. The molecule has 1 aliphatic heterocycles. The van der Waals surface area contributed by atoms with E-state index in [9.17, 15) is 14.7 Å². The van der Waals surface area contributed by atoms with Crippen molar-refractivity contribution in [1.82, 2.24) is 15.1 Å². The number of anilines is 1. The Balaban J connectivity index is 1.62. The predicted octanol–water partition coefficient (Wildman–Crippen LogP) is 1.44. The first-order valence-electron chi connectivity index (χ1n) is 9.38. The first-order valence-corrected chi connectivity index (χ1v) is 9.38. The summed E-state index contributed by atoms with van der Waals surface area (Å²) in [4.78, 5) is 29.1. The van der Waals surface area contributed by atoms with Crippen molar-refractivity contribution >= 4 is 17.5 Å². The molecule has 148 valence electrons. The summed E-state index contributed by atoms with van der Waals surface area (Å²) in [6.07, 6.45) is 0. The molecule has 0 aromatic heterocycles. The number of nitrogens with one attached hydrogen (secondary N) is 2. The van der Waals surface area contributed by atoms with Crippen molar-refractivity contribution in [3.05, 3.63) is 60.2 Å². The van der Waals surface area contributed by atoms with Crippen molar-refractivity contribution in [3.63, 3.8) is 0 Å². The zero-order valence-electron chi connectivity index (χ0n) is 16.0. The number of likely N-dealkylation sites (N-methyl/N-ethyl adjacent to an activating group) is 1. The molecule has 1 aliphatic rings. The maximum absolute atomic E-state index is 12.3. The second-order valence-corrected chi connectivity index (χ2v) is 6.98. The standard InChI is InChI=1S/C21H26N4O3/c1-24-10-12-25(13-11-24)19(16-6-3-2-4-7-16)15-22-20(27)21(28)23-17-8-5-9-18(26)14-17/h2-9,14,19,26H,10-13,15H2,1H3,(H,22,27)(H,23,28)/t19-/m0/s1. The third-order valence-corrected chi connectivity index (χ3v) is 4.93. The number of rotatable bonds is 5. The van der Waals surface area contributed by atoms with Crippen molar-refractivity contribution in [2.75, 3.05) is 45.1 Å². The molecule has 1 heterocycles. The second kappa shape index (κ2) is 9.34. The third-order valence-electron chi connectivity index (χ3n) is 4.93. The van der Waals surface area contributed by atoms with Crippen LogP contribution in [0.1, 0.15) is 11.6 Å². The summed E-state index contributed by atoms with van der Waals surface area (Å²) in [6.45, 7) is 4.09. The first kappa shape index (κ1) is 19.9. The maximum Gasteiger partial charge on any atom is 0.313 e. The molecule has 3 N–H and O–H groups in total. The summed E-state index contributed by atoms with van der Waals surface area (Å²) in [6, 6.07) is 16.1. The van der Waals surface area contributed by atoms with Crippen LogP contribution in [0.25, 0.3) is 0 Å². The Morgan fingerprint density at radius 1 is 1.00 bits per heavy atom. The molecule has 0 unspecified atom stereocenters. The fraction of sp³-hybridized carbons (Fsp3) is 0.333. The van der Waals surface area contributed by atoms with Crippen LogP contribution in [0, 0.1) is 0 Å². The van der Waals surface area contributed by atoms with E-state index in [1.165, 1.54) is 12.1 Å².